The molecule has 23 heavy (non-hydrogen) atoms. The summed E-state index contributed by atoms with van der Waals surface area (Å²) in [5.74, 6) is 1.66. The van der Waals surface area contributed by atoms with Crippen molar-refractivity contribution in [3.05, 3.63) is 35.4 Å². The first-order chi connectivity index (χ1) is 11.1. The van der Waals surface area contributed by atoms with Crippen molar-refractivity contribution >= 4 is 10.0 Å². The molecule has 0 spiro atoms. The minimum atomic E-state index is -3.63. The lowest BCUT2D eigenvalue weighted by atomic mass is 10.0. The molecule has 2 N–H and O–H groups in total. The third-order valence-corrected chi connectivity index (χ3v) is 5.49. The first kappa shape index (κ1) is 14.5. The first-order valence-electron chi connectivity index (χ1n) is 7.58. The largest absolute Gasteiger partial charge is 0.454 e. The average Bonchev–Trinajstić information content (AvgIpc) is 3.18. The van der Waals surface area contributed by atoms with Gasteiger partial charge in [-0.15, -0.1) is 0 Å². The van der Waals surface area contributed by atoms with Crippen molar-refractivity contribution < 1.29 is 17.9 Å². The van der Waals surface area contributed by atoms with Crippen LogP contribution in [0.5, 0.6) is 11.5 Å². The quantitative estimate of drug-likeness (QED) is 0.883. The summed E-state index contributed by atoms with van der Waals surface area (Å²) in [6, 6.07) is 4.57. The van der Waals surface area contributed by atoms with Crippen LogP contribution in [0.15, 0.2) is 23.1 Å². The predicted octanol–water partition coefficient (Wildman–Crippen LogP) is 1.50. The highest BCUT2D eigenvalue weighted by molar-refractivity contribution is 7.89. The van der Waals surface area contributed by atoms with Crippen LogP contribution in [-0.4, -0.2) is 25.2 Å². The van der Waals surface area contributed by atoms with E-state index in [0.29, 0.717) is 17.3 Å². The van der Waals surface area contributed by atoms with E-state index < -0.39 is 10.0 Å². The van der Waals surface area contributed by atoms with Gasteiger partial charge in [0.1, 0.15) is 5.82 Å². The van der Waals surface area contributed by atoms with Crippen LogP contribution in [0.3, 0.4) is 0 Å². The number of nitrogens with one attached hydrogen (secondary N) is 2. The van der Waals surface area contributed by atoms with Gasteiger partial charge in [0.2, 0.25) is 16.8 Å². The fraction of sp³-hybridized carbons (Fsp3) is 0.400. The second-order valence-corrected chi connectivity index (χ2v) is 7.42. The third-order valence-electron chi connectivity index (χ3n) is 4.09. The van der Waals surface area contributed by atoms with Gasteiger partial charge in [0.05, 0.1) is 17.1 Å². The van der Waals surface area contributed by atoms with E-state index in [1.165, 1.54) is 12.1 Å². The van der Waals surface area contributed by atoms with Gasteiger partial charge in [-0.3, -0.25) is 0 Å². The van der Waals surface area contributed by atoms with Gasteiger partial charge in [0.15, 0.2) is 11.5 Å². The molecule has 0 atom stereocenters. The molecule has 0 saturated carbocycles. The highest BCUT2D eigenvalue weighted by Crippen LogP contribution is 2.33. The fourth-order valence-electron chi connectivity index (χ4n) is 2.89. The maximum absolute atomic E-state index is 12.4. The Bertz CT molecular complexity index is 821. The summed E-state index contributed by atoms with van der Waals surface area (Å²) in [6.45, 7) is 0.258. The SMILES string of the molecule is O=S(=O)(NCc1nc2c([nH]1)CCCC2)c1ccc2c(c1)OCO2. The normalized spacial score (nSPS) is 16.3. The summed E-state index contributed by atoms with van der Waals surface area (Å²) in [6.07, 6.45) is 4.23. The molecule has 7 nitrogen and oxygen atoms in total. The molecule has 8 heteroatoms. The number of hydrogen-bond donors (Lipinski definition) is 2. The van der Waals surface area contributed by atoms with E-state index in [1.54, 1.807) is 6.07 Å². The smallest absolute Gasteiger partial charge is 0.241 e. The van der Waals surface area contributed by atoms with Crippen LogP contribution in [0, 0.1) is 0 Å². The summed E-state index contributed by atoms with van der Waals surface area (Å²) in [5, 5.41) is 0. The van der Waals surface area contributed by atoms with E-state index in [0.717, 1.165) is 37.1 Å². The van der Waals surface area contributed by atoms with E-state index >= 15 is 0 Å². The standard InChI is InChI=1S/C15H17N3O4S/c19-23(20,10-5-6-13-14(7-10)22-9-21-13)16-8-15-17-11-3-1-2-4-12(11)18-15/h5-7,16H,1-4,8-9H2,(H,17,18). The molecule has 0 fully saturated rings. The Hall–Kier alpha value is -2.06. The molecule has 0 saturated heterocycles. The van der Waals surface area contributed by atoms with Crippen molar-refractivity contribution in [1.29, 1.82) is 0 Å². The maximum atomic E-state index is 12.4. The lowest BCUT2D eigenvalue weighted by molar-refractivity contribution is 0.174. The van der Waals surface area contributed by atoms with Gasteiger partial charge in [0.25, 0.3) is 0 Å². The molecule has 1 aliphatic carbocycles. The van der Waals surface area contributed by atoms with Gasteiger partial charge < -0.3 is 14.5 Å². The van der Waals surface area contributed by atoms with E-state index in [2.05, 4.69) is 14.7 Å². The van der Waals surface area contributed by atoms with Crippen molar-refractivity contribution in [3.63, 3.8) is 0 Å². The summed E-state index contributed by atoms with van der Waals surface area (Å²) in [4.78, 5) is 7.85. The van der Waals surface area contributed by atoms with Crippen molar-refractivity contribution in [2.45, 2.75) is 37.1 Å². The summed E-state index contributed by atoms with van der Waals surface area (Å²) in [5.41, 5.74) is 2.20. The molecule has 1 aromatic carbocycles. The van der Waals surface area contributed by atoms with Crippen LogP contribution >= 0.6 is 0 Å². The van der Waals surface area contributed by atoms with Crippen LogP contribution in [0.2, 0.25) is 0 Å². The second kappa shape index (κ2) is 5.54. The number of hydrogen-bond acceptors (Lipinski definition) is 5. The maximum Gasteiger partial charge on any atom is 0.241 e. The van der Waals surface area contributed by atoms with Crippen molar-refractivity contribution in [2.24, 2.45) is 0 Å². The molecule has 2 aromatic rings. The molecule has 2 heterocycles. The van der Waals surface area contributed by atoms with E-state index in [1.807, 2.05) is 0 Å². The van der Waals surface area contributed by atoms with Gasteiger partial charge in [-0.2, -0.15) is 0 Å². The number of nitrogens with zero attached hydrogens (tertiary/aromatic N) is 1. The molecule has 0 amide bonds. The molecule has 2 aliphatic rings. The van der Waals surface area contributed by atoms with Gasteiger partial charge in [-0.25, -0.2) is 18.1 Å². The molecule has 0 unspecified atom stereocenters. The number of aromatic nitrogens is 2. The van der Waals surface area contributed by atoms with Crippen LogP contribution < -0.4 is 14.2 Å². The van der Waals surface area contributed by atoms with E-state index in [4.69, 9.17) is 9.47 Å². The number of aryl methyl sites for hydroxylation is 2. The van der Waals surface area contributed by atoms with Gasteiger partial charge in [0, 0.05) is 11.8 Å². The van der Waals surface area contributed by atoms with Crippen molar-refractivity contribution in [3.8, 4) is 11.5 Å². The number of H-pyrrole nitrogens is 1. The van der Waals surface area contributed by atoms with Crippen molar-refractivity contribution in [2.75, 3.05) is 6.79 Å². The highest BCUT2D eigenvalue weighted by atomic mass is 32.2. The fourth-order valence-corrected chi connectivity index (χ4v) is 3.89. The lowest BCUT2D eigenvalue weighted by Gasteiger charge is -2.07. The summed E-state index contributed by atoms with van der Waals surface area (Å²) >= 11 is 0. The number of rotatable bonds is 4. The number of fused-ring (bicyclic) bond motifs is 2. The topological polar surface area (TPSA) is 93.3 Å². The zero-order valence-electron chi connectivity index (χ0n) is 12.5. The summed E-state index contributed by atoms with van der Waals surface area (Å²) in [7, 11) is -3.63. The second-order valence-electron chi connectivity index (χ2n) is 5.66. The average molecular weight is 335 g/mol. The van der Waals surface area contributed by atoms with Gasteiger partial charge >= 0.3 is 0 Å². The highest BCUT2D eigenvalue weighted by Gasteiger charge is 2.21. The Morgan fingerprint density at radius 3 is 2.87 bits per heavy atom. The minimum Gasteiger partial charge on any atom is -0.454 e. The van der Waals surface area contributed by atoms with Crippen LogP contribution in [0.25, 0.3) is 0 Å². The van der Waals surface area contributed by atoms with Crippen LogP contribution in [0.1, 0.15) is 30.1 Å². The number of sulfonamides is 1. The Morgan fingerprint density at radius 1 is 1.17 bits per heavy atom. The third kappa shape index (κ3) is 2.79. The number of aromatic amines is 1. The van der Waals surface area contributed by atoms with Gasteiger partial charge in [-0.05, 0) is 37.8 Å². The molecule has 122 valence electrons. The number of benzene rings is 1. The lowest BCUT2D eigenvalue weighted by Crippen LogP contribution is -2.23. The Kier molecular flexibility index (Phi) is 3.50. The number of ether oxygens (including phenoxy) is 2. The zero-order valence-corrected chi connectivity index (χ0v) is 13.3. The van der Waals surface area contributed by atoms with Gasteiger partial charge in [-0.1, -0.05) is 0 Å². The minimum absolute atomic E-state index is 0.115. The molecular weight excluding hydrogens is 318 g/mol. The Morgan fingerprint density at radius 2 is 2.00 bits per heavy atom. The monoisotopic (exact) mass is 335 g/mol. The first-order valence-corrected chi connectivity index (χ1v) is 9.06. The molecule has 4 rings (SSSR count). The van der Waals surface area contributed by atoms with E-state index in [-0.39, 0.29) is 18.2 Å². The molecule has 1 aromatic heterocycles. The number of imidazole rings is 1. The van der Waals surface area contributed by atoms with Crippen LogP contribution in [-0.2, 0) is 29.4 Å². The molecule has 1 aliphatic heterocycles. The summed E-state index contributed by atoms with van der Waals surface area (Å²) < 4.78 is 37.8. The van der Waals surface area contributed by atoms with Crippen LogP contribution in [0.4, 0.5) is 0 Å². The van der Waals surface area contributed by atoms with Crippen molar-refractivity contribution in [1.82, 2.24) is 14.7 Å². The molecule has 0 bridgehead atoms. The Labute approximate surface area is 134 Å². The predicted molar refractivity (Wildman–Crippen MR) is 81.8 cm³/mol. The Balaban J connectivity index is 1.50. The molecular formula is C15H17N3O4S. The molecule has 0 radical (unpaired) electrons. The van der Waals surface area contributed by atoms with E-state index in [9.17, 15) is 8.42 Å². The zero-order chi connectivity index (χ0) is 15.9.